The van der Waals surface area contributed by atoms with Crippen LogP contribution in [0.15, 0.2) is 44.2 Å². The van der Waals surface area contributed by atoms with Crippen molar-refractivity contribution >= 4 is 39.2 Å². The number of alkyl halides is 3. The van der Waals surface area contributed by atoms with E-state index in [1.54, 1.807) is 18.2 Å². The maximum absolute atomic E-state index is 12.9. The van der Waals surface area contributed by atoms with Gasteiger partial charge in [0.15, 0.2) is 0 Å². The van der Waals surface area contributed by atoms with Crippen LogP contribution < -0.4 is 11.1 Å². The van der Waals surface area contributed by atoms with Crippen molar-refractivity contribution in [3.05, 3.63) is 50.6 Å². The third kappa shape index (κ3) is 4.81. The van der Waals surface area contributed by atoms with E-state index in [2.05, 4.69) is 9.73 Å². The molecule has 0 aliphatic heterocycles. The first kappa shape index (κ1) is 20.4. The summed E-state index contributed by atoms with van der Waals surface area (Å²) in [6.45, 7) is -0.993. The van der Waals surface area contributed by atoms with E-state index in [1.807, 2.05) is 28.7 Å². The molecule has 0 saturated heterocycles. The van der Waals surface area contributed by atoms with Crippen molar-refractivity contribution in [3.63, 3.8) is 0 Å². The summed E-state index contributed by atoms with van der Waals surface area (Å²) in [6, 6.07) is 7.50. The van der Waals surface area contributed by atoms with Crippen LogP contribution in [0.2, 0.25) is 0 Å². The molecule has 0 amide bonds. The molecule has 156 valence electrons. The minimum Gasteiger partial charge on any atom is -0.399 e. The molecule has 3 aromatic rings. The zero-order valence-electron chi connectivity index (χ0n) is 15.5. The number of fused-ring (bicyclic) bond motifs is 1. The van der Waals surface area contributed by atoms with Crippen LogP contribution in [0.1, 0.15) is 31.4 Å². The number of halogens is 4. The van der Waals surface area contributed by atoms with E-state index in [-0.39, 0.29) is 6.04 Å². The highest BCUT2D eigenvalue weighted by Gasteiger charge is 2.30. The molecular formula is C20H20F3IN2O3. The highest BCUT2D eigenvalue weighted by Crippen LogP contribution is 2.34. The van der Waals surface area contributed by atoms with E-state index < -0.39 is 18.5 Å². The van der Waals surface area contributed by atoms with E-state index in [1.165, 1.54) is 10.8 Å². The molecule has 1 fully saturated rings. The second-order valence-corrected chi connectivity index (χ2v) is 8.63. The maximum atomic E-state index is 12.9. The first-order valence-electron chi connectivity index (χ1n) is 9.47. The van der Waals surface area contributed by atoms with E-state index in [0.717, 1.165) is 36.8 Å². The largest absolute Gasteiger partial charge is 0.518 e. The van der Waals surface area contributed by atoms with Gasteiger partial charge in [-0.05, 0) is 72.4 Å². The van der Waals surface area contributed by atoms with Crippen molar-refractivity contribution in [3.8, 4) is 0 Å². The van der Waals surface area contributed by atoms with E-state index in [0.29, 0.717) is 27.3 Å². The van der Waals surface area contributed by atoms with Crippen molar-refractivity contribution in [1.82, 2.24) is 4.57 Å². The zero-order chi connectivity index (χ0) is 20.6. The third-order valence-electron chi connectivity index (χ3n) is 5.43. The lowest BCUT2D eigenvalue weighted by Crippen LogP contribution is -2.26. The summed E-state index contributed by atoms with van der Waals surface area (Å²) in [5, 5.41) is 4.33. The highest BCUT2D eigenvalue weighted by molar-refractivity contribution is 14.1. The number of aromatic nitrogens is 1. The Morgan fingerprint density at radius 1 is 1.21 bits per heavy atom. The zero-order valence-corrected chi connectivity index (χ0v) is 17.6. The van der Waals surface area contributed by atoms with Gasteiger partial charge in [0.1, 0.15) is 18.6 Å². The molecule has 2 heterocycles. The molecule has 1 saturated carbocycles. The summed E-state index contributed by atoms with van der Waals surface area (Å²) in [6.07, 6.45) is 1.66. The smallest absolute Gasteiger partial charge is 0.399 e. The molecule has 1 aliphatic rings. The van der Waals surface area contributed by atoms with Gasteiger partial charge in [-0.3, -0.25) is 0 Å². The molecule has 0 atom stereocenters. The van der Waals surface area contributed by atoms with Gasteiger partial charge in [-0.15, -0.1) is 0 Å². The van der Waals surface area contributed by atoms with Gasteiger partial charge >= 0.3 is 12.0 Å². The minimum atomic E-state index is -4.26. The topological polar surface area (TPSA) is 60.3 Å². The molecule has 5 nitrogen and oxygen atoms in total. The summed E-state index contributed by atoms with van der Waals surface area (Å²) in [7, 11) is 0. The number of anilines is 1. The minimum absolute atomic E-state index is 0.261. The summed E-state index contributed by atoms with van der Waals surface area (Å²) >= 11 is 1.95. The highest BCUT2D eigenvalue weighted by atomic mass is 127. The van der Waals surface area contributed by atoms with Crippen LogP contribution in [0.25, 0.3) is 10.9 Å². The first-order valence-corrected chi connectivity index (χ1v) is 10.5. The fourth-order valence-electron chi connectivity index (χ4n) is 4.09. The number of rotatable bonds is 5. The van der Waals surface area contributed by atoms with Crippen LogP contribution in [0.5, 0.6) is 0 Å². The number of hydrogen-bond donors (Lipinski definition) is 1. The van der Waals surface area contributed by atoms with Gasteiger partial charge in [0.25, 0.3) is 0 Å². The molecular weight excluding hydrogens is 500 g/mol. The van der Waals surface area contributed by atoms with Gasteiger partial charge in [0.2, 0.25) is 0 Å². The van der Waals surface area contributed by atoms with Crippen molar-refractivity contribution in [2.24, 2.45) is 5.92 Å². The molecule has 2 aromatic heterocycles. The van der Waals surface area contributed by atoms with Gasteiger partial charge < -0.3 is 18.7 Å². The van der Waals surface area contributed by atoms with Crippen LogP contribution in [-0.4, -0.2) is 16.8 Å². The predicted octanol–water partition coefficient (Wildman–Crippen LogP) is 5.57. The van der Waals surface area contributed by atoms with Gasteiger partial charge in [-0.25, -0.2) is 4.79 Å². The monoisotopic (exact) mass is 520 g/mol. The Bertz CT molecular complexity index is 1050. The molecule has 4 rings (SSSR count). The fraction of sp³-hybridized carbons (Fsp3) is 0.450. The SMILES string of the molecule is O=c1occ(CC2CCC(Nc3cccc4c3cc(I)n4CC(F)(F)F)CC2)o1. The van der Waals surface area contributed by atoms with Crippen molar-refractivity contribution in [2.75, 3.05) is 5.32 Å². The Morgan fingerprint density at radius 2 is 1.97 bits per heavy atom. The molecule has 29 heavy (non-hydrogen) atoms. The summed E-state index contributed by atoms with van der Waals surface area (Å²) < 4.78 is 50.3. The summed E-state index contributed by atoms with van der Waals surface area (Å²) in [5.41, 5.74) is 1.45. The van der Waals surface area contributed by atoms with Crippen LogP contribution in [-0.2, 0) is 13.0 Å². The third-order valence-corrected chi connectivity index (χ3v) is 6.32. The summed E-state index contributed by atoms with van der Waals surface area (Å²) in [5.74, 6) is 0.339. The Balaban J connectivity index is 1.43. The number of benzene rings is 1. The molecule has 1 aromatic carbocycles. The molecule has 0 unspecified atom stereocenters. The van der Waals surface area contributed by atoms with Crippen molar-refractivity contribution in [2.45, 2.75) is 50.9 Å². The Labute approximate surface area is 178 Å². The first-order chi connectivity index (χ1) is 13.8. The predicted molar refractivity (Wildman–Crippen MR) is 111 cm³/mol. The Kier molecular flexibility index (Phi) is 5.67. The van der Waals surface area contributed by atoms with Crippen molar-refractivity contribution in [1.29, 1.82) is 0 Å². The van der Waals surface area contributed by atoms with Crippen molar-refractivity contribution < 1.29 is 22.0 Å². The maximum Gasteiger partial charge on any atom is 0.518 e. The lowest BCUT2D eigenvalue weighted by molar-refractivity contribution is -0.140. The number of nitrogens with one attached hydrogen (secondary N) is 1. The second kappa shape index (κ2) is 8.08. The molecule has 0 bridgehead atoms. The van der Waals surface area contributed by atoms with E-state index in [9.17, 15) is 18.0 Å². The lowest BCUT2D eigenvalue weighted by atomic mass is 9.83. The van der Waals surface area contributed by atoms with Crippen LogP contribution in [0.3, 0.4) is 0 Å². The molecule has 1 aliphatic carbocycles. The molecule has 9 heteroatoms. The average molecular weight is 520 g/mol. The van der Waals surface area contributed by atoms with Gasteiger partial charge in [0, 0.05) is 23.5 Å². The van der Waals surface area contributed by atoms with Crippen LogP contribution in [0, 0.1) is 9.62 Å². The quantitative estimate of drug-likeness (QED) is 0.448. The average Bonchev–Trinajstić information content (AvgIpc) is 3.20. The fourth-order valence-corrected chi connectivity index (χ4v) is 4.83. The lowest BCUT2D eigenvalue weighted by Gasteiger charge is -2.29. The van der Waals surface area contributed by atoms with E-state index in [4.69, 9.17) is 4.42 Å². The van der Waals surface area contributed by atoms with Crippen LogP contribution >= 0.6 is 22.6 Å². The van der Waals surface area contributed by atoms with Gasteiger partial charge in [-0.1, -0.05) is 6.07 Å². The van der Waals surface area contributed by atoms with Gasteiger partial charge in [0.05, 0.1) is 9.22 Å². The normalized spacial score (nSPS) is 20.3. The van der Waals surface area contributed by atoms with Crippen LogP contribution in [0.4, 0.5) is 18.9 Å². The van der Waals surface area contributed by atoms with Gasteiger partial charge in [-0.2, -0.15) is 13.2 Å². The summed E-state index contributed by atoms with van der Waals surface area (Å²) in [4.78, 5) is 11.0. The molecule has 0 radical (unpaired) electrons. The van der Waals surface area contributed by atoms with E-state index >= 15 is 0 Å². The Morgan fingerprint density at radius 3 is 2.62 bits per heavy atom. The molecule has 0 spiro atoms. The number of hydrogen-bond acceptors (Lipinski definition) is 4. The molecule has 1 N–H and O–H groups in total. The number of nitrogens with zero attached hydrogens (tertiary/aromatic N) is 1. The standard InChI is InChI=1S/C20H20F3IN2O3/c21-20(22,23)11-26-17-3-1-2-16(15(17)9-18(26)24)25-13-6-4-12(5-7-13)8-14-10-28-19(27)29-14/h1-3,9-10,12-13,25H,4-8,11H2. The second-order valence-electron chi connectivity index (χ2n) is 7.53. The Hall–Kier alpha value is -1.91.